The number of carboxylic acids is 1. The second kappa shape index (κ2) is 6.17. The summed E-state index contributed by atoms with van der Waals surface area (Å²) in [4.78, 5) is 26.4. The van der Waals surface area contributed by atoms with E-state index in [0.29, 0.717) is 12.3 Å². The highest BCUT2D eigenvalue weighted by Gasteiger charge is 2.32. The largest absolute Gasteiger partial charge is 0.480 e. The monoisotopic (exact) mass is 270 g/mol. The predicted molar refractivity (Wildman–Crippen MR) is 65.4 cm³/mol. The molecular formula is C11H18N4O4. The molecule has 3 N–H and O–H groups in total. The highest BCUT2D eigenvalue weighted by molar-refractivity contribution is 5.83. The van der Waals surface area contributed by atoms with Crippen LogP contribution in [0.1, 0.15) is 26.7 Å². The van der Waals surface area contributed by atoms with Gasteiger partial charge in [0.2, 0.25) is 5.89 Å². The lowest BCUT2D eigenvalue weighted by Gasteiger charge is -2.27. The number of nitrogens with zero attached hydrogens (tertiary/aromatic N) is 2. The van der Waals surface area contributed by atoms with Crippen LogP contribution in [0.15, 0.2) is 10.9 Å². The standard InChI is InChI=1S/C11H18N4O4/c1-11(2,3)8(9(16)17)15-10(18)12-5-4-7-13-6-14-19-7/h6,8H,4-5H2,1-3H3,(H,16,17)(H2,12,15,18)/t8-/m0/s1. The summed E-state index contributed by atoms with van der Waals surface area (Å²) in [5.74, 6) is -0.662. The van der Waals surface area contributed by atoms with E-state index in [4.69, 9.17) is 9.63 Å². The fraction of sp³-hybridized carbons (Fsp3) is 0.636. The Balaban J connectivity index is 2.39. The molecule has 1 aromatic rings. The molecule has 2 amide bonds. The maximum absolute atomic E-state index is 11.6. The molecule has 0 aliphatic rings. The van der Waals surface area contributed by atoms with Gasteiger partial charge in [0.15, 0.2) is 6.33 Å². The highest BCUT2D eigenvalue weighted by Crippen LogP contribution is 2.19. The lowest BCUT2D eigenvalue weighted by molar-refractivity contribution is -0.141. The van der Waals surface area contributed by atoms with Gasteiger partial charge in [-0.2, -0.15) is 4.98 Å². The highest BCUT2D eigenvalue weighted by atomic mass is 16.5. The van der Waals surface area contributed by atoms with Crippen LogP contribution in [-0.2, 0) is 11.2 Å². The van der Waals surface area contributed by atoms with Crippen LogP contribution in [0, 0.1) is 5.41 Å². The van der Waals surface area contributed by atoms with Gasteiger partial charge in [0.05, 0.1) is 0 Å². The number of carboxylic acid groups (broad SMARTS) is 1. The Labute approximate surface area is 110 Å². The summed E-state index contributed by atoms with van der Waals surface area (Å²) >= 11 is 0. The van der Waals surface area contributed by atoms with Crippen LogP contribution >= 0.6 is 0 Å². The average Bonchev–Trinajstić information content (AvgIpc) is 2.77. The van der Waals surface area contributed by atoms with E-state index in [-0.39, 0.29) is 6.54 Å². The van der Waals surface area contributed by atoms with Gasteiger partial charge in [0.25, 0.3) is 0 Å². The van der Waals surface area contributed by atoms with E-state index < -0.39 is 23.5 Å². The second-order valence-electron chi connectivity index (χ2n) is 5.12. The van der Waals surface area contributed by atoms with Crippen LogP contribution in [0.2, 0.25) is 0 Å². The van der Waals surface area contributed by atoms with Gasteiger partial charge in [-0.1, -0.05) is 25.9 Å². The van der Waals surface area contributed by atoms with Crippen LogP contribution < -0.4 is 10.6 Å². The smallest absolute Gasteiger partial charge is 0.326 e. The molecule has 0 aromatic carbocycles. The van der Waals surface area contributed by atoms with Crippen molar-refractivity contribution in [2.24, 2.45) is 5.41 Å². The van der Waals surface area contributed by atoms with E-state index in [0.717, 1.165) is 0 Å². The van der Waals surface area contributed by atoms with Gasteiger partial charge in [-0.05, 0) is 5.41 Å². The maximum Gasteiger partial charge on any atom is 0.326 e. The maximum atomic E-state index is 11.6. The number of rotatable bonds is 5. The van der Waals surface area contributed by atoms with E-state index in [9.17, 15) is 9.59 Å². The zero-order valence-corrected chi connectivity index (χ0v) is 11.1. The summed E-state index contributed by atoms with van der Waals surface area (Å²) in [6.07, 6.45) is 1.66. The van der Waals surface area contributed by atoms with Crippen molar-refractivity contribution in [2.45, 2.75) is 33.2 Å². The number of hydrogen-bond donors (Lipinski definition) is 3. The van der Waals surface area contributed by atoms with Crippen LogP contribution in [0.4, 0.5) is 4.79 Å². The number of hydrogen-bond acceptors (Lipinski definition) is 5. The normalized spacial score (nSPS) is 12.8. The first-order valence-electron chi connectivity index (χ1n) is 5.83. The molecule has 1 atom stereocenters. The summed E-state index contributed by atoms with van der Waals surface area (Å²) in [6.45, 7) is 5.50. The summed E-state index contributed by atoms with van der Waals surface area (Å²) in [6, 6.07) is -1.50. The average molecular weight is 270 g/mol. The summed E-state index contributed by atoms with van der Waals surface area (Å²) < 4.78 is 4.76. The second-order valence-corrected chi connectivity index (χ2v) is 5.12. The third-order valence-corrected chi connectivity index (χ3v) is 2.42. The van der Waals surface area contributed by atoms with E-state index in [1.807, 2.05) is 0 Å². The topological polar surface area (TPSA) is 117 Å². The zero-order valence-electron chi connectivity index (χ0n) is 11.1. The molecule has 19 heavy (non-hydrogen) atoms. The number of aliphatic carboxylic acids is 1. The fourth-order valence-electron chi connectivity index (χ4n) is 1.42. The van der Waals surface area contributed by atoms with Crippen molar-refractivity contribution in [3.05, 3.63) is 12.2 Å². The summed E-state index contributed by atoms with van der Waals surface area (Å²) in [5, 5.41) is 17.4. The molecule has 0 aliphatic carbocycles. The molecule has 0 unspecified atom stereocenters. The fourth-order valence-corrected chi connectivity index (χ4v) is 1.42. The lowest BCUT2D eigenvalue weighted by Crippen LogP contribution is -2.52. The Morgan fingerprint density at radius 1 is 1.47 bits per heavy atom. The zero-order chi connectivity index (χ0) is 14.5. The van der Waals surface area contributed by atoms with E-state index in [1.165, 1.54) is 6.33 Å². The van der Waals surface area contributed by atoms with E-state index in [1.54, 1.807) is 20.8 Å². The molecule has 0 saturated carbocycles. The van der Waals surface area contributed by atoms with Gasteiger partial charge in [0, 0.05) is 13.0 Å². The molecule has 8 heteroatoms. The Bertz CT molecular complexity index is 424. The van der Waals surface area contributed by atoms with Gasteiger partial charge in [-0.25, -0.2) is 9.59 Å². The number of urea groups is 1. The molecule has 106 valence electrons. The molecule has 0 radical (unpaired) electrons. The van der Waals surface area contributed by atoms with Gasteiger partial charge in [0.1, 0.15) is 6.04 Å². The first-order valence-corrected chi connectivity index (χ1v) is 5.83. The van der Waals surface area contributed by atoms with Crippen molar-refractivity contribution >= 4 is 12.0 Å². The van der Waals surface area contributed by atoms with Gasteiger partial charge in [-0.15, -0.1) is 0 Å². The van der Waals surface area contributed by atoms with Crippen LogP contribution in [0.25, 0.3) is 0 Å². The molecule has 0 fully saturated rings. The minimum Gasteiger partial charge on any atom is -0.480 e. The Hall–Kier alpha value is -2.12. The van der Waals surface area contributed by atoms with Crippen molar-refractivity contribution in [2.75, 3.05) is 6.54 Å². The molecule has 8 nitrogen and oxygen atoms in total. The number of aromatic nitrogens is 2. The van der Waals surface area contributed by atoms with Gasteiger partial charge < -0.3 is 20.3 Å². The quantitative estimate of drug-likeness (QED) is 0.713. The van der Waals surface area contributed by atoms with Gasteiger partial charge in [-0.3, -0.25) is 0 Å². The Kier molecular flexibility index (Phi) is 4.85. The number of nitrogens with one attached hydrogen (secondary N) is 2. The van der Waals surface area contributed by atoms with Crippen LogP contribution in [0.5, 0.6) is 0 Å². The predicted octanol–water partition coefficient (Wildman–Crippen LogP) is 0.411. The van der Waals surface area contributed by atoms with Crippen molar-refractivity contribution in [3.63, 3.8) is 0 Å². The molecule has 0 spiro atoms. The molecule has 1 rings (SSSR count). The van der Waals surface area contributed by atoms with Crippen LogP contribution in [0.3, 0.4) is 0 Å². The minimum atomic E-state index is -1.07. The van der Waals surface area contributed by atoms with E-state index >= 15 is 0 Å². The summed E-state index contributed by atoms with van der Waals surface area (Å²) in [5.41, 5.74) is -0.574. The number of carbonyl (C=O) groups is 2. The first kappa shape index (κ1) is 14.9. The number of amides is 2. The van der Waals surface area contributed by atoms with Crippen molar-refractivity contribution in [1.82, 2.24) is 20.8 Å². The molecule has 0 bridgehead atoms. The van der Waals surface area contributed by atoms with Crippen molar-refractivity contribution in [1.29, 1.82) is 0 Å². The first-order chi connectivity index (χ1) is 8.80. The van der Waals surface area contributed by atoms with Gasteiger partial charge >= 0.3 is 12.0 Å². The third-order valence-electron chi connectivity index (χ3n) is 2.42. The Morgan fingerprint density at radius 3 is 2.63 bits per heavy atom. The van der Waals surface area contributed by atoms with Crippen LogP contribution in [-0.4, -0.2) is 39.8 Å². The molecule has 1 aromatic heterocycles. The molecular weight excluding hydrogens is 252 g/mol. The number of carbonyl (C=O) groups excluding carboxylic acids is 1. The molecule has 0 saturated heterocycles. The Morgan fingerprint density at radius 2 is 2.16 bits per heavy atom. The van der Waals surface area contributed by atoms with Crippen molar-refractivity contribution in [3.8, 4) is 0 Å². The minimum absolute atomic E-state index is 0.282. The molecule has 0 aliphatic heterocycles. The molecule has 1 heterocycles. The lowest BCUT2D eigenvalue weighted by atomic mass is 9.87. The van der Waals surface area contributed by atoms with Crippen molar-refractivity contribution < 1.29 is 19.2 Å². The summed E-state index contributed by atoms with van der Waals surface area (Å²) in [7, 11) is 0. The third kappa shape index (κ3) is 4.94. The SMILES string of the molecule is CC(C)(C)[C@@H](NC(=O)NCCc1ncno1)C(=O)O. The van der Waals surface area contributed by atoms with E-state index in [2.05, 4.69) is 20.8 Å².